The van der Waals surface area contributed by atoms with Gasteiger partial charge in [0.05, 0.1) is 4.90 Å². The van der Waals surface area contributed by atoms with Gasteiger partial charge in [-0.05, 0) is 19.1 Å². The summed E-state index contributed by atoms with van der Waals surface area (Å²) in [7, 11) is -3.98. The van der Waals surface area contributed by atoms with E-state index in [0.717, 1.165) is 5.56 Å². The van der Waals surface area contributed by atoms with Crippen molar-refractivity contribution < 1.29 is 18.6 Å². The molecule has 2 N–H and O–H groups in total. The fraction of sp³-hybridized carbons (Fsp3) is 0.250. The summed E-state index contributed by atoms with van der Waals surface area (Å²) >= 11 is 0. The first-order chi connectivity index (χ1) is 5.94. The van der Waals surface area contributed by atoms with Crippen LogP contribution in [0.15, 0.2) is 29.2 Å². The Labute approximate surface area is 76.4 Å². The van der Waals surface area contributed by atoms with Crippen LogP contribution in [-0.4, -0.2) is 24.3 Å². The Morgan fingerprint density at radius 1 is 1.15 bits per heavy atom. The molecule has 0 aliphatic heterocycles. The first kappa shape index (κ1) is 10.2. The minimum Gasteiger partial charge on any atom is -0.356 e. The Hall–Kier alpha value is -0.910. The molecule has 0 fully saturated rings. The number of aliphatic hydroxyl groups is 2. The van der Waals surface area contributed by atoms with E-state index in [-0.39, 0.29) is 4.90 Å². The molecule has 1 aromatic carbocycles. The number of benzene rings is 1. The molecule has 0 saturated carbocycles. The molecule has 5 heteroatoms. The molecule has 0 aliphatic rings. The normalized spacial score (nSPS) is 12.0. The van der Waals surface area contributed by atoms with E-state index in [1.165, 1.54) is 12.1 Å². The van der Waals surface area contributed by atoms with Crippen LogP contribution < -0.4 is 0 Å². The van der Waals surface area contributed by atoms with Gasteiger partial charge in [0.1, 0.15) is 0 Å². The molecular weight excluding hydrogens is 192 g/mol. The molecule has 1 rings (SSSR count). The fourth-order valence-corrected chi connectivity index (χ4v) is 1.61. The smallest absolute Gasteiger partial charge is 0.262 e. The van der Waals surface area contributed by atoms with E-state index in [9.17, 15) is 8.42 Å². The Morgan fingerprint density at radius 2 is 1.62 bits per heavy atom. The molecule has 0 spiro atoms. The number of rotatable bonds is 2. The zero-order chi connectivity index (χ0) is 10.1. The summed E-state index contributed by atoms with van der Waals surface area (Å²) in [5, 5.41) is 17.1. The topological polar surface area (TPSA) is 74.6 Å². The number of aliphatic hydroxyl groups excluding tert-OH is 1. The lowest BCUT2D eigenvalue weighted by atomic mass is 10.2. The van der Waals surface area contributed by atoms with Gasteiger partial charge in [-0.3, -0.25) is 0 Å². The van der Waals surface area contributed by atoms with Crippen LogP contribution in [0, 0.1) is 6.92 Å². The van der Waals surface area contributed by atoms with E-state index in [1.54, 1.807) is 12.1 Å². The van der Waals surface area contributed by atoms with Gasteiger partial charge in [-0.2, -0.15) is 0 Å². The van der Waals surface area contributed by atoms with Crippen LogP contribution in [0.1, 0.15) is 5.56 Å². The van der Waals surface area contributed by atoms with Crippen molar-refractivity contribution in [1.82, 2.24) is 0 Å². The molecule has 0 atom stereocenters. The monoisotopic (exact) mass is 202 g/mol. The standard InChI is InChI=1S/C8H10O4S/c1-6-2-4-7(5-3-6)13(11,12)8(9)10/h2-5,8-10H,1H3. The van der Waals surface area contributed by atoms with Gasteiger partial charge < -0.3 is 10.2 Å². The molecule has 13 heavy (non-hydrogen) atoms. The Kier molecular flexibility index (Phi) is 2.70. The maximum atomic E-state index is 11.1. The van der Waals surface area contributed by atoms with Crippen LogP contribution in [0.2, 0.25) is 0 Å². The van der Waals surface area contributed by atoms with Crippen molar-refractivity contribution in [3.05, 3.63) is 29.8 Å². The van der Waals surface area contributed by atoms with Crippen LogP contribution in [-0.2, 0) is 9.84 Å². The van der Waals surface area contributed by atoms with Crippen molar-refractivity contribution in [2.24, 2.45) is 0 Å². The van der Waals surface area contributed by atoms with Crippen molar-refractivity contribution in [2.45, 2.75) is 17.4 Å². The quantitative estimate of drug-likeness (QED) is 0.664. The summed E-state index contributed by atoms with van der Waals surface area (Å²) in [6.07, 6.45) is 0. The Balaban J connectivity index is 3.17. The second kappa shape index (κ2) is 3.45. The summed E-state index contributed by atoms with van der Waals surface area (Å²) in [6, 6.07) is 5.86. The summed E-state index contributed by atoms with van der Waals surface area (Å²) in [5.74, 6) is 0. The first-order valence-electron chi connectivity index (χ1n) is 3.61. The summed E-state index contributed by atoms with van der Waals surface area (Å²) in [5.41, 5.74) is -1.44. The highest BCUT2D eigenvalue weighted by atomic mass is 32.2. The van der Waals surface area contributed by atoms with Gasteiger partial charge in [-0.1, -0.05) is 17.7 Å². The lowest BCUT2D eigenvalue weighted by Crippen LogP contribution is -2.19. The summed E-state index contributed by atoms with van der Waals surface area (Å²) in [6.45, 7) is 1.81. The highest BCUT2D eigenvalue weighted by molar-refractivity contribution is 7.91. The molecule has 0 bridgehead atoms. The lowest BCUT2D eigenvalue weighted by molar-refractivity contribution is 0.0310. The maximum Gasteiger partial charge on any atom is 0.262 e. The van der Waals surface area contributed by atoms with E-state index in [1.807, 2.05) is 6.92 Å². The van der Waals surface area contributed by atoms with Crippen molar-refractivity contribution in [2.75, 3.05) is 0 Å². The molecule has 0 unspecified atom stereocenters. The molecule has 0 heterocycles. The maximum absolute atomic E-state index is 11.1. The summed E-state index contributed by atoms with van der Waals surface area (Å²) < 4.78 is 22.3. The second-order valence-corrected chi connectivity index (χ2v) is 4.67. The highest BCUT2D eigenvalue weighted by Gasteiger charge is 2.22. The summed E-state index contributed by atoms with van der Waals surface area (Å²) in [4.78, 5) is -0.0897. The third kappa shape index (κ3) is 2.06. The predicted molar refractivity (Wildman–Crippen MR) is 46.6 cm³/mol. The van der Waals surface area contributed by atoms with E-state index < -0.39 is 15.5 Å². The van der Waals surface area contributed by atoms with Crippen molar-refractivity contribution in [1.29, 1.82) is 0 Å². The average molecular weight is 202 g/mol. The Morgan fingerprint density at radius 3 is 2.00 bits per heavy atom. The van der Waals surface area contributed by atoms with Gasteiger partial charge in [-0.15, -0.1) is 0 Å². The number of aryl methyl sites for hydroxylation is 1. The molecule has 4 nitrogen and oxygen atoms in total. The second-order valence-electron chi connectivity index (χ2n) is 2.68. The molecule has 0 aromatic heterocycles. The lowest BCUT2D eigenvalue weighted by Gasteiger charge is -2.05. The third-order valence-corrected chi connectivity index (χ3v) is 3.11. The van der Waals surface area contributed by atoms with E-state index in [0.29, 0.717) is 0 Å². The Bertz CT molecular complexity index is 377. The number of hydrogen-bond donors (Lipinski definition) is 2. The number of hydrogen-bond acceptors (Lipinski definition) is 4. The van der Waals surface area contributed by atoms with E-state index >= 15 is 0 Å². The SMILES string of the molecule is Cc1ccc(S(=O)(=O)C(O)O)cc1. The predicted octanol–water partition coefficient (Wildman–Crippen LogP) is 0.0369. The largest absolute Gasteiger partial charge is 0.356 e. The van der Waals surface area contributed by atoms with Crippen molar-refractivity contribution >= 4 is 9.84 Å². The molecule has 0 amide bonds. The zero-order valence-electron chi connectivity index (χ0n) is 7.01. The minimum absolute atomic E-state index is 0.0897. The highest BCUT2D eigenvalue weighted by Crippen LogP contribution is 2.13. The van der Waals surface area contributed by atoms with Crippen LogP contribution >= 0.6 is 0 Å². The van der Waals surface area contributed by atoms with Crippen LogP contribution in [0.3, 0.4) is 0 Å². The van der Waals surface area contributed by atoms with Gasteiger partial charge in [0.15, 0.2) is 0 Å². The molecular formula is C8H10O4S. The molecule has 1 aromatic rings. The molecule has 0 saturated heterocycles. The zero-order valence-corrected chi connectivity index (χ0v) is 7.82. The molecule has 72 valence electrons. The van der Waals surface area contributed by atoms with E-state index in [4.69, 9.17) is 10.2 Å². The first-order valence-corrected chi connectivity index (χ1v) is 5.16. The van der Waals surface area contributed by atoms with Gasteiger partial charge in [0, 0.05) is 0 Å². The van der Waals surface area contributed by atoms with Gasteiger partial charge >= 0.3 is 0 Å². The van der Waals surface area contributed by atoms with Crippen LogP contribution in [0.25, 0.3) is 0 Å². The van der Waals surface area contributed by atoms with E-state index in [2.05, 4.69) is 0 Å². The minimum atomic E-state index is -3.98. The fourth-order valence-electron chi connectivity index (χ4n) is 0.850. The average Bonchev–Trinajstić information content (AvgIpc) is 2.04. The number of sulfone groups is 1. The molecule has 0 aliphatic carbocycles. The van der Waals surface area contributed by atoms with Gasteiger partial charge in [-0.25, -0.2) is 8.42 Å². The van der Waals surface area contributed by atoms with Gasteiger partial charge in [0.2, 0.25) is 9.84 Å². The molecule has 0 radical (unpaired) electrons. The van der Waals surface area contributed by atoms with Crippen LogP contribution in [0.5, 0.6) is 0 Å². The van der Waals surface area contributed by atoms with Crippen LogP contribution in [0.4, 0.5) is 0 Å². The van der Waals surface area contributed by atoms with Crippen molar-refractivity contribution in [3.63, 3.8) is 0 Å². The van der Waals surface area contributed by atoms with Crippen molar-refractivity contribution in [3.8, 4) is 0 Å². The third-order valence-electron chi connectivity index (χ3n) is 1.63. The van der Waals surface area contributed by atoms with Gasteiger partial charge in [0.25, 0.3) is 5.62 Å².